The monoisotopic (exact) mass is 390 g/mol. The van der Waals surface area contributed by atoms with E-state index in [1.807, 2.05) is 18.2 Å². The molecule has 0 unspecified atom stereocenters. The predicted octanol–water partition coefficient (Wildman–Crippen LogP) is 5.25. The highest BCUT2D eigenvalue weighted by Gasteiger charge is 2.34. The van der Waals surface area contributed by atoms with Gasteiger partial charge in [0.2, 0.25) is 0 Å². The number of rotatable bonds is 3. The van der Waals surface area contributed by atoms with Gasteiger partial charge in [-0.05, 0) is 57.3 Å². The van der Waals surface area contributed by atoms with Crippen LogP contribution in [0.1, 0.15) is 37.4 Å². The van der Waals surface area contributed by atoms with Crippen molar-refractivity contribution < 1.29 is 9.47 Å². The van der Waals surface area contributed by atoms with E-state index in [4.69, 9.17) is 33.3 Å². The van der Waals surface area contributed by atoms with Gasteiger partial charge in [-0.25, -0.2) is 0 Å². The van der Waals surface area contributed by atoms with Crippen LogP contribution in [0, 0.1) is 6.92 Å². The van der Waals surface area contributed by atoms with Crippen LogP contribution < -0.4 is 20.1 Å². The van der Waals surface area contributed by atoms with Gasteiger partial charge in [0.1, 0.15) is 17.1 Å². The Balaban J connectivity index is 1.76. The minimum Gasteiger partial charge on any atom is -0.495 e. The first-order valence-corrected chi connectivity index (χ1v) is 9.27. The lowest BCUT2D eigenvalue weighted by Crippen LogP contribution is -2.42. The van der Waals surface area contributed by atoms with Crippen LogP contribution in [0.25, 0.3) is 0 Å². The van der Waals surface area contributed by atoms with E-state index in [0.29, 0.717) is 15.9 Å². The van der Waals surface area contributed by atoms with Crippen LogP contribution in [-0.2, 0) is 0 Å². The molecular formula is C20H23ClN2O2S. The van der Waals surface area contributed by atoms with Crippen LogP contribution in [0.5, 0.6) is 11.5 Å². The van der Waals surface area contributed by atoms with Crippen LogP contribution in [0.4, 0.5) is 5.69 Å². The fourth-order valence-electron chi connectivity index (χ4n) is 3.17. The van der Waals surface area contributed by atoms with E-state index in [2.05, 4.69) is 43.5 Å². The second-order valence-corrected chi connectivity index (χ2v) is 7.92. The molecule has 3 rings (SSSR count). The van der Waals surface area contributed by atoms with Crippen molar-refractivity contribution in [3.63, 3.8) is 0 Å². The second-order valence-electron chi connectivity index (χ2n) is 7.11. The molecule has 2 N–H and O–H groups in total. The number of aryl methyl sites for hydroxylation is 1. The molecule has 0 radical (unpaired) electrons. The van der Waals surface area contributed by atoms with Gasteiger partial charge in [0.25, 0.3) is 0 Å². The Hall–Kier alpha value is -1.98. The lowest BCUT2D eigenvalue weighted by molar-refractivity contribution is 0.0696. The molecule has 138 valence electrons. The number of nitrogens with one attached hydrogen (secondary N) is 2. The molecule has 2 aromatic rings. The highest BCUT2D eigenvalue weighted by molar-refractivity contribution is 7.80. The van der Waals surface area contributed by atoms with Crippen LogP contribution in [0.2, 0.25) is 5.02 Å². The SMILES string of the molecule is COc1ccc(NC(=S)N[C@H]2CC(C)(C)Oc3ccc(C)cc32)cc1Cl. The number of methoxy groups -OCH3 is 1. The molecule has 0 spiro atoms. The Labute approximate surface area is 164 Å². The normalized spacial score (nSPS) is 17.7. The third-order valence-corrected chi connectivity index (χ3v) is 4.85. The molecule has 2 aromatic carbocycles. The summed E-state index contributed by atoms with van der Waals surface area (Å²) in [5.41, 5.74) is 2.86. The molecule has 0 aromatic heterocycles. The van der Waals surface area contributed by atoms with Gasteiger partial charge in [-0.15, -0.1) is 0 Å². The van der Waals surface area contributed by atoms with Crippen molar-refractivity contribution in [2.75, 3.05) is 12.4 Å². The fraction of sp³-hybridized carbons (Fsp3) is 0.350. The molecule has 1 aliphatic heterocycles. The summed E-state index contributed by atoms with van der Waals surface area (Å²) in [5.74, 6) is 1.53. The summed E-state index contributed by atoms with van der Waals surface area (Å²) >= 11 is 11.7. The van der Waals surface area contributed by atoms with Crippen molar-refractivity contribution in [2.45, 2.75) is 38.8 Å². The zero-order valence-corrected chi connectivity index (χ0v) is 16.9. The van der Waals surface area contributed by atoms with E-state index in [1.54, 1.807) is 13.2 Å². The van der Waals surface area contributed by atoms with Crippen LogP contribution in [-0.4, -0.2) is 17.8 Å². The molecule has 0 aliphatic carbocycles. The van der Waals surface area contributed by atoms with Gasteiger partial charge in [-0.2, -0.15) is 0 Å². The summed E-state index contributed by atoms with van der Waals surface area (Å²) in [6.45, 7) is 6.25. The van der Waals surface area contributed by atoms with Crippen molar-refractivity contribution in [3.8, 4) is 11.5 Å². The van der Waals surface area contributed by atoms with E-state index >= 15 is 0 Å². The van der Waals surface area contributed by atoms with Crippen molar-refractivity contribution >= 4 is 34.6 Å². The van der Waals surface area contributed by atoms with Gasteiger partial charge < -0.3 is 20.1 Å². The molecular weight excluding hydrogens is 368 g/mol. The third kappa shape index (κ3) is 4.22. The highest BCUT2D eigenvalue weighted by atomic mass is 35.5. The van der Waals surface area contributed by atoms with E-state index in [9.17, 15) is 0 Å². The zero-order valence-electron chi connectivity index (χ0n) is 15.4. The van der Waals surface area contributed by atoms with E-state index < -0.39 is 0 Å². The molecule has 0 saturated heterocycles. The molecule has 6 heteroatoms. The molecule has 26 heavy (non-hydrogen) atoms. The summed E-state index contributed by atoms with van der Waals surface area (Å²) in [6, 6.07) is 11.8. The number of hydrogen-bond acceptors (Lipinski definition) is 3. The first-order chi connectivity index (χ1) is 12.3. The molecule has 1 atom stereocenters. The van der Waals surface area contributed by atoms with Crippen LogP contribution >= 0.6 is 23.8 Å². The van der Waals surface area contributed by atoms with Crippen molar-refractivity contribution in [3.05, 3.63) is 52.5 Å². The average molecular weight is 391 g/mol. The molecule has 0 saturated carbocycles. The smallest absolute Gasteiger partial charge is 0.171 e. The average Bonchev–Trinajstić information content (AvgIpc) is 2.55. The maximum absolute atomic E-state index is 6.18. The molecule has 1 aliphatic rings. The summed E-state index contributed by atoms with van der Waals surface area (Å²) in [5, 5.41) is 7.69. The Bertz CT molecular complexity index is 839. The number of benzene rings is 2. The number of ether oxygens (including phenoxy) is 2. The molecule has 0 fully saturated rings. The van der Waals surface area contributed by atoms with Crippen molar-refractivity contribution in [1.82, 2.24) is 5.32 Å². The lowest BCUT2D eigenvalue weighted by Gasteiger charge is -2.38. The van der Waals surface area contributed by atoms with Gasteiger partial charge in [0, 0.05) is 17.7 Å². The second kappa shape index (κ2) is 7.33. The fourth-order valence-corrected chi connectivity index (χ4v) is 3.69. The maximum atomic E-state index is 6.18. The lowest BCUT2D eigenvalue weighted by atomic mass is 9.89. The standard InChI is InChI=1S/C20H23ClN2O2S/c1-12-5-7-17-14(9-12)16(11-20(2,3)25-17)23-19(26)22-13-6-8-18(24-4)15(21)10-13/h5-10,16H,11H2,1-4H3,(H2,22,23,26)/t16-/m0/s1. The largest absolute Gasteiger partial charge is 0.495 e. The van der Waals surface area contributed by atoms with Crippen molar-refractivity contribution in [1.29, 1.82) is 0 Å². The summed E-state index contributed by atoms with van der Waals surface area (Å²) in [6.07, 6.45) is 0.814. The molecule has 0 bridgehead atoms. The number of thiocarbonyl (C=S) groups is 1. The van der Waals surface area contributed by atoms with Crippen molar-refractivity contribution in [2.24, 2.45) is 0 Å². The highest BCUT2D eigenvalue weighted by Crippen LogP contribution is 2.40. The first kappa shape index (κ1) is 18.8. The molecule has 1 heterocycles. The Morgan fingerprint density at radius 1 is 1.27 bits per heavy atom. The number of halogens is 1. The predicted molar refractivity (Wildman–Crippen MR) is 111 cm³/mol. The summed E-state index contributed by atoms with van der Waals surface area (Å²) in [4.78, 5) is 0. The Kier molecular flexibility index (Phi) is 5.30. The third-order valence-electron chi connectivity index (χ3n) is 4.34. The molecule has 4 nitrogen and oxygen atoms in total. The molecule has 0 amide bonds. The van der Waals surface area contributed by atoms with Gasteiger partial charge in [0.05, 0.1) is 18.2 Å². The minimum absolute atomic E-state index is 0.0716. The van der Waals surface area contributed by atoms with E-state index in [1.165, 1.54) is 5.56 Å². The maximum Gasteiger partial charge on any atom is 0.171 e. The summed E-state index contributed by atoms with van der Waals surface area (Å²) < 4.78 is 11.3. The quantitative estimate of drug-likeness (QED) is 0.701. The topological polar surface area (TPSA) is 42.5 Å². The Morgan fingerprint density at radius 2 is 2.04 bits per heavy atom. The van der Waals surface area contributed by atoms with Gasteiger partial charge in [-0.1, -0.05) is 29.3 Å². The number of fused-ring (bicyclic) bond motifs is 1. The number of anilines is 1. The van der Waals surface area contributed by atoms with Crippen LogP contribution in [0.3, 0.4) is 0 Å². The zero-order chi connectivity index (χ0) is 18.9. The van der Waals surface area contributed by atoms with Gasteiger partial charge in [0.15, 0.2) is 5.11 Å². The Morgan fingerprint density at radius 3 is 2.73 bits per heavy atom. The van der Waals surface area contributed by atoms with Gasteiger partial charge >= 0.3 is 0 Å². The number of hydrogen-bond donors (Lipinski definition) is 2. The van der Waals surface area contributed by atoms with Gasteiger partial charge in [-0.3, -0.25) is 0 Å². The van der Waals surface area contributed by atoms with E-state index in [0.717, 1.165) is 23.4 Å². The minimum atomic E-state index is -0.265. The van der Waals surface area contributed by atoms with Crippen LogP contribution in [0.15, 0.2) is 36.4 Å². The van der Waals surface area contributed by atoms with E-state index in [-0.39, 0.29) is 11.6 Å². The first-order valence-electron chi connectivity index (χ1n) is 8.48. The summed E-state index contributed by atoms with van der Waals surface area (Å²) in [7, 11) is 1.59.